The van der Waals surface area contributed by atoms with Gasteiger partial charge in [0.15, 0.2) is 0 Å². The molecule has 0 saturated heterocycles. The summed E-state index contributed by atoms with van der Waals surface area (Å²) in [5.74, 6) is 0.252. The molecule has 1 N–H and O–H groups in total. The second-order valence-electron chi connectivity index (χ2n) is 6.47. The Morgan fingerprint density at radius 3 is 2.58 bits per heavy atom. The number of nitrogens with zero attached hydrogens (tertiary/aromatic N) is 2. The Hall–Kier alpha value is -2.69. The molecular weight excluding hydrogens is 302 g/mol. The van der Waals surface area contributed by atoms with Gasteiger partial charge in [0, 0.05) is 12.1 Å². The number of aryl methyl sites for hydroxylation is 2. The van der Waals surface area contributed by atoms with Gasteiger partial charge in [-0.2, -0.15) is 0 Å². The molecule has 124 valence electrons. The monoisotopic (exact) mass is 323 g/mol. The quantitative estimate of drug-likeness (QED) is 0.791. The third-order valence-electron chi connectivity index (χ3n) is 3.88. The van der Waals surface area contributed by atoms with Gasteiger partial charge in [-0.15, -0.1) is 0 Å². The van der Waals surface area contributed by atoms with Crippen LogP contribution in [0.15, 0.2) is 34.9 Å². The van der Waals surface area contributed by atoms with E-state index in [1.165, 1.54) is 5.56 Å². The largest absolute Gasteiger partial charge is 0.352 e. The van der Waals surface area contributed by atoms with E-state index in [4.69, 9.17) is 4.52 Å². The average molecular weight is 323 g/mol. The number of nitrogens with one attached hydrogen (secondary N) is 1. The van der Waals surface area contributed by atoms with Crippen molar-refractivity contribution in [3.05, 3.63) is 47.2 Å². The first-order valence-electron chi connectivity index (χ1n) is 8.08. The van der Waals surface area contributed by atoms with Crippen molar-refractivity contribution in [3.8, 4) is 11.3 Å². The number of carbonyl (C=O) groups excluding carboxylic acids is 1. The molecule has 0 radical (unpaired) electrons. The lowest BCUT2D eigenvalue weighted by molar-refractivity contribution is 0.0950. The van der Waals surface area contributed by atoms with Crippen molar-refractivity contribution in [2.24, 2.45) is 5.92 Å². The van der Waals surface area contributed by atoms with Crippen LogP contribution in [0.25, 0.3) is 22.4 Å². The molecule has 24 heavy (non-hydrogen) atoms. The van der Waals surface area contributed by atoms with Gasteiger partial charge in [0.2, 0.25) is 0 Å². The number of amides is 1. The summed E-state index contributed by atoms with van der Waals surface area (Å²) in [4.78, 5) is 17.2. The lowest BCUT2D eigenvalue weighted by Gasteiger charge is -2.10. The maximum atomic E-state index is 12.6. The molecule has 0 spiro atoms. The van der Waals surface area contributed by atoms with E-state index in [1.54, 1.807) is 0 Å². The highest BCUT2D eigenvalue weighted by Gasteiger charge is 2.19. The standard InChI is InChI=1S/C19H21N3O2/c1-11(2)10-20-18(23)15-9-16(14-7-5-12(3)6-8-14)21-19-17(15)13(4)22-24-19/h5-9,11H,10H2,1-4H3,(H,20,23). The maximum absolute atomic E-state index is 12.6. The van der Waals surface area contributed by atoms with Gasteiger partial charge in [0.25, 0.3) is 11.6 Å². The number of rotatable bonds is 4. The van der Waals surface area contributed by atoms with E-state index in [2.05, 4.69) is 29.3 Å². The topological polar surface area (TPSA) is 68.0 Å². The second-order valence-corrected chi connectivity index (χ2v) is 6.47. The maximum Gasteiger partial charge on any atom is 0.259 e. The molecule has 1 amide bonds. The van der Waals surface area contributed by atoms with Crippen molar-refractivity contribution in [2.75, 3.05) is 6.54 Å². The summed E-state index contributed by atoms with van der Waals surface area (Å²) in [6.07, 6.45) is 0. The number of benzene rings is 1. The van der Waals surface area contributed by atoms with Crippen molar-refractivity contribution in [1.29, 1.82) is 0 Å². The van der Waals surface area contributed by atoms with Crippen molar-refractivity contribution in [2.45, 2.75) is 27.7 Å². The Morgan fingerprint density at radius 2 is 1.92 bits per heavy atom. The highest BCUT2D eigenvalue weighted by molar-refractivity contribution is 6.07. The molecule has 5 heteroatoms. The van der Waals surface area contributed by atoms with E-state index < -0.39 is 0 Å². The highest BCUT2D eigenvalue weighted by Crippen LogP contribution is 2.27. The number of carbonyl (C=O) groups is 1. The predicted molar refractivity (Wildman–Crippen MR) is 93.9 cm³/mol. The summed E-state index contributed by atoms with van der Waals surface area (Å²) in [7, 11) is 0. The van der Waals surface area contributed by atoms with Gasteiger partial charge in [0.05, 0.1) is 22.3 Å². The van der Waals surface area contributed by atoms with E-state index in [9.17, 15) is 4.79 Å². The molecule has 0 atom stereocenters. The van der Waals surface area contributed by atoms with Gasteiger partial charge in [-0.05, 0) is 25.8 Å². The minimum absolute atomic E-state index is 0.129. The average Bonchev–Trinajstić information content (AvgIpc) is 2.94. The van der Waals surface area contributed by atoms with Crippen LogP contribution in [0.4, 0.5) is 0 Å². The number of pyridine rings is 1. The van der Waals surface area contributed by atoms with Crippen LogP contribution in [0.3, 0.4) is 0 Å². The molecule has 2 heterocycles. The zero-order valence-corrected chi connectivity index (χ0v) is 14.4. The highest BCUT2D eigenvalue weighted by atomic mass is 16.5. The smallest absolute Gasteiger partial charge is 0.259 e. The Bertz CT molecular complexity index is 880. The van der Waals surface area contributed by atoms with E-state index in [0.717, 1.165) is 5.56 Å². The van der Waals surface area contributed by atoms with Crippen LogP contribution in [-0.4, -0.2) is 22.6 Å². The predicted octanol–water partition coefficient (Wildman–Crippen LogP) is 3.89. The fourth-order valence-electron chi connectivity index (χ4n) is 2.54. The molecule has 0 fully saturated rings. The molecule has 0 aliphatic rings. The lowest BCUT2D eigenvalue weighted by atomic mass is 10.0. The van der Waals surface area contributed by atoms with E-state index in [1.807, 2.05) is 44.2 Å². The van der Waals surface area contributed by atoms with Gasteiger partial charge in [-0.3, -0.25) is 4.79 Å². The number of hydrogen-bond acceptors (Lipinski definition) is 4. The fraction of sp³-hybridized carbons (Fsp3) is 0.316. The third kappa shape index (κ3) is 3.15. The van der Waals surface area contributed by atoms with Gasteiger partial charge in [-0.25, -0.2) is 4.98 Å². The van der Waals surface area contributed by atoms with Gasteiger partial charge >= 0.3 is 0 Å². The van der Waals surface area contributed by atoms with Gasteiger partial charge in [-0.1, -0.05) is 48.8 Å². The lowest BCUT2D eigenvalue weighted by Crippen LogP contribution is -2.27. The van der Waals surface area contributed by atoms with Crippen molar-refractivity contribution in [3.63, 3.8) is 0 Å². The molecule has 0 saturated carbocycles. The van der Waals surface area contributed by atoms with Crippen molar-refractivity contribution in [1.82, 2.24) is 15.5 Å². The summed E-state index contributed by atoms with van der Waals surface area (Å²) < 4.78 is 5.31. The van der Waals surface area contributed by atoms with Crippen LogP contribution in [0.2, 0.25) is 0 Å². The van der Waals surface area contributed by atoms with Crippen molar-refractivity contribution < 1.29 is 9.32 Å². The van der Waals surface area contributed by atoms with Crippen LogP contribution in [0, 0.1) is 19.8 Å². The van der Waals surface area contributed by atoms with Crippen LogP contribution in [0.5, 0.6) is 0 Å². The summed E-state index contributed by atoms with van der Waals surface area (Å²) >= 11 is 0. The molecule has 0 unspecified atom stereocenters. The van der Waals surface area contributed by atoms with E-state index >= 15 is 0 Å². The first-order valence-corrected chi connectivity index (χ1v) is 8.08. The molecule has 0 aliphatic carbocycles. The molecule has 0 bridgehead atoms. The zero-order chi connectivity index (χ0) is 17.3. The van der Waals surface area contributed by atoms with Gasteiger partial charge < -0.3 is 9.84 Å². The summed E-state index contributed by atoms with van der Waals surface area (Å²) in [5, 5.41) is 7.60. The molecule has 5 nitrogen and oxygen atoms in total. The Morgan fingerprint density at radius 1 is 1.21 bits per heavy atom. The molecule has 2 aromatic heterocycles. The summed E-state index contributed by atoms with van der Waals surface area (Å²) in [6, 6.07) is 9.83. The first kappa shape index (κ1) is 16.2. The third-order valence-corrected chi connectivity index (χ3v) is 3.88. The Kier molecular flexibility index (Phi) is 4.34. The van der Waals surface area contributed by atoms with Crippen LogP contribution in [-0.2, 0) is 0 Å². The Labute approximate surface area is 141 Å². The first-order chi connectivity index (χ1) is 11.5. The minimum atomic E-state index is -0.129. The number of aromatic nitrogens is 2. The fourth-order valence-corrected chi connectivity index (χ4v) is 2.54. The van der Waals surface area contributed by atoms with Crippen LogP contribution >= 0.6 is 0 Å². The van der Waals surface area contributed by atoms with E-state index in [-0.39, 0.29) is 5.91 Å². The minimum Gasteiger partial charge on any atom is -0.352 e. The normalized spacial score (nSPS) is 11.2. The SMILES string of the molecule is Cc1ccc(-c2cc(C(=O)NCC(C)C)c3c(C)noc3n2)cc1. The summed E-state index contributed by atoms with van der Waals surface area (Å²) in [6.45, 7) is 8.59. The Balaban J connectivity index is 2.10. The molecule has 3 rings (SSSR count). The number of fused-ring (bicyclic) bond motifs is 1. The molecule has 3 aromatic rings. The van der Waals surface area contributed by atoms with Crippen molar-refractivity contribution >= 4 is 17.0 Å². The van der Waals surface area contributed by atoms with Crippen LogP contribution in [0.1, 0.15) is 35.5 Å². The molecule has 1 aromatic carbocycles. The zero-order valence-electron chi connectivity index (χ0n) is 14.4. The molecular formula is C19H21N3O2. The molecule has 0 aliphatic heterocycles. The van der Waals surface area contributed by atoms with E-state index in [0.29, 0.717) is 40.5 Å². The second kappa shape index (κ2) is 6.43. The van der Waals surface area contributed by atoms with Crippen LogP contribution < -0.4 is 5.32 Å². The number of hydrogen-bond donors (Lipinski definition) is 1. The summed E-state index contributed by atoms with van der Waals surface area (Å²) in [5.41, 5.74) is 4.42. The van der Waals surface area contributed by atoms with Gasteiger partial charge in [0.1, 0.15) is 0 Å².